The number of hydrogen-bond donors (Lipinski definition) is 4. The summed E-state index contributed by atoms with van der Waals surface area (Å²) in [5, 5.41) is 5.51. The number of amides is 3. The van der Waals surface area contributed by atoms with E-state index in [0.29, 0.717) is 18.4 Å². The Labute approximate surface area is 188 Å². The van der Waals surface area contributed by atoms with Gasteiger partial charge in [-0.05, 0) is 43.0 Å². The maximum Gasteiger partial charge on any atom is 0.322 e. The fraction of sp³-hybridized carbons (Fsp3) is 0.440. The van der Waals surface area contributed by atoms with Crippen molar-refractivity contribution >= 4 is 11.9 Å². The number of urea groups is 1. The molecule has 4 N–H and O–H groups in total. The molecule has 0 radical (unpaired) electrons. The molecule has 3 aliphatic rings. The molecular weight excluding hydrogens is 402 g/mol. The van der Waals surface area contributed by atoms with Gasteiger partial charge in [0.05, 0.1) is 6.04 Å². The predicted molar refractivity (Wildman–Crippen MR) is 123 cm³/mol. The van der Waals surface area contributed by atoms with Crippen molar-refractivity contribution in [3.05, 3.63) is 71.8 Å². The van der Waals surface area contributed by atoms with Gasteiger partial charge in [-0.1, -0.05) is 60.7 Å². The van der Waals surface area contributed by atoms with E-state index in [4.69, 9.17) is 0 Å². The largest absolute Gasteiger partial charge is 0.323 e. The van der Waals surface area contributed by atoms with E-state index in [1.54, 1.807) is 0 Å². The molecule has 168 valence electrons. The molecule has 0 bridgehead atoms. The highest BCUT2D eigenvalue weighted by molar-refractivity contribution is 6.07. The summed E-state index contributed by atoms with van der Waals surface area (Å²) >= 11 is 0. The van der Waals surface area contributed by atoms with Gasteiger partial charge in [-0.3, -0.25) is 15.5 Å². The normalized spacial score (nSPS) is 29.1. The lowest BCUT2D eigenvalue weighted by Gasteiger charge is -2.41. The Morgan fingerprint density at radius 1 is 0.938 bits per heavy atom. The van der Waals surface area contributed by atoms with Gasteiger partial charge in [-0.2, -0.15) is 0 Å². The summed E-state index contributed by atoms with van der Waals surface area (Å²) in [6.07, 6.45) is 2.32. The highest BCUT2D eigenvalue weighted by atomic mass is 16.2. The maximum atomic E-state index is 12.9. The third-order valence-electron chi connectivity index (χ3n) is 7.32. The van der Waals surface area contributed by atoms with Crippen molar-refractivity contribution < 1.29 is 9.59 Å². The van der Waals surface area contributed by atoms with Crippen LogP contribution in [0.1, 0.15) is 30.0 Å². The average Bonchev–Trinajstić information content (AvgIpc) is 3.39. The zero-order valence-electron chi connectivity index (χ0n) is 18.2. The number of carbonyl (C=O) groups is 2. The van der Waals surface area contributed by atoms with Gasteiger partial charge < -0.3 is 10.2 Å². The molecule has 32 heavy (non-hydrogen) atoms. The summed E-state index contributed by atoms with van der Waals surface area (Å²) in [5.41, 5.74) is 8.29. The van der Waals surface area contributed by atoms with Gasteiger partial charge in [0, 0.05) is 25.4 Å². The Bertz CT molecular complexity index is 945. The van der Waals surface area contributed by atoms with Crippen LogP contribution < -0.4 is 21.5 Å². The number of benzene rings is 2. The molecule has 7 heteroatoms. The first-order valence-electron chi connectivity index (χ1n) is 11.6. The number of likely N-dealkylation sites (tertiary alicyclic amines) is 1. The van der Waals surface area contributed by atoms with Crippen molar-refractivity contribution in [2.24, 2.45) is 11.8 Å². The quantitative estimate of drug-likeness (QED) is 0.524. The second kappa shape index (κ2) is 9.02. The van der Waals surface area contributed by atoms with E-state index < -0.39 is 5.54 Å². The highest BCUT2D eigenvalue weighted by Gasteiger charge is 2.52. The van der Waals surface area contributed by atoms with Crippen LogP contribution in [0.3, 0.4) is 0 Å². The smallest absolute Gasteiger partial charge is 0.322 e. The number of piperidine rings is 1. The fourth-order valence-electron chi connectivity index (χ4n) is 5.64. The monoisotopic (exact) mass is 433 g/mol. The molecule has 3 saturated heterocycles. The predicted octanol–water partition coefficient (Wildman–Crippen LogP) is 1.98. The van der Waals surface area contributed by atoms with Crippen molar-refractivity contribution in [3.8, 4) is 0 Å². The Kier molecular flexibility index (Phi) is 5.95. The molecule has 2 aromatic carbocycles. The van der Waals surface area contributed by atoms with Crippen LogP contribution >= 0.6 is 0 Å². The first-order valence-corrected chi connectivity index (χ1v) is 11.6. The van der Waals surface area contributed by atoms with Crippen molar-refractivity contribution in [1.82, 2.24) is 26.4 Å². The molecule has 3 heterocycles. The van der Waals surface area contributed by atoms with Crippen LogP contribution in [0.5, 0.6) is 0 Å². The summed E-state index contributed by atoms with van der Waals surface area (Å²) in [4.78, 5) is 27.6. The van der Waals surface area contributed by atoms with E-state index in [2.05, 4.69) is 56.7 Å². The van der Waals surface area contributed by atoms with Crippen LogP contribution in [0.15, 0.2) is 60.7 Å². The van der Waals surface area contributed by atoms with Gasteiger partial charge in [0.15, 0.2) is 0 Å². The van der Waals surface area contributed by atoms with Crippen LogP contribution in [0.2, 0.25) is 0 Å². The Hall–Kier alpha value is -2.74. The molecule has 5 rings (SSSR count). The standard InChI is InChI=1S/C25H31N5O2/c31-23-25(28-24(32)27-23,15-18-7-3-1-4-8-18)21-11-13-30(14-12-21)17-20-16-26-29-22(20)19-9-5-2-6-10-19/h1-10,20-22,26,29H,11-17H2,(H2,27,28,31,32). The second-order valence-corrected chi connectivity index (χ2v) is 9.29. The molecule has 3 atom stereocenters. The van der Waals surface area contributed by atoms with Gasteiger partial charge in [0.25, 0.3) is 5.91 Å². The number of nitrogens with zero attached hydrogens (tertiary/aromatic N) is 1. The van der Waals surface area contributed by atoms with E-state index in [9.17, 15) is 9.59 Å². The minimum absolute atomic E-state index is 0.121. The van der Waals surface area contributed by atoms with Crippen molar-refractivity contribution in [3.63, 3.8) is 0 Å². The summed E-state index contributed by atoms with van der Waals surface area (Å²) in [6.45, 7) is 3.82. The Morgan fingerprint density at radius 3 is 2.28 bits per heavy atom. The van der Waals surface area contributed by atoms with Gasteiger partial charge in [-0.15, -0.1) is 0 Å². The summed E-state index contributed by atoms with van der Waals surface area (Å²) in [7, 11) is 0. The van der Waals surface area contributed by atoms with Gasteiger partial charge in [-0.25, -0.2) is 10.2 Å². The van der Waals surface area contributed by atoms with Gasteiger partial charge >= 0.3 is 6.03 Å². The lowest BCUT2D eigenvalue weighted by Crippen LogP contribution is -2.57. The molecule has 2 aromatic rings. The minimum atomic E-state index is -0.854. The third kappa shape index (κ3) is 4.16. The van der Waals surface area contributed by atoms with E-state index in [0.717, 1.165) is 44.6 Å². The topological polar surface area (TPSA) is 85.5 Å². The van der Waals surface area contributed by atoms with Crippen LogP contribution in [-0.2, 0) is 11.2 Å². The number of nitrogens with one attached hydrogen (secondary N) is 4. The summed E-state index contributed by atoms with van der Waals surface area (Å²) in [5.74, 6) is 0.426. The minimum Gasteiger partial charge on any atom is -0.323 e. The lowest BCUT2D eigenvalue weighted by atomic mass is 9.74. The second-order valence-electron chi connectivity index (χ2n) is 9.29. The van der Waals surface area contributed by atoms with E-state index >= 15 is 0 Å². The number of carbonyl (C=O) groups excluding carboxylic acids is 2. The van der Waals surface area contributed by atoms with Crippen LogP contribution in [0, 0.1) is 11.8 Å². The van der Waals surface area contributed by atoms with Crippen molar-refractivity contribution in [1.29, 1.82) is 0 Å². The van der Waals surface area contributed by atoms with Gasteiger partial charge in [0.2, 0.25) is 0 Å². The maximum absolute atomic E-state index is 12.9. The van der Waals surface area contributed by atoms with Gasteiger partial charge in [0.1, 0.15) is 5.54 Å². The Balaban J connectivity index is 1.25. The van der Waals surface area contributed by atoms with Crippen LogP contribution in [0.25, 0.3) is 0 Å². The Morgan fingerprint density at radius 2 is 1.62 bits per heavy atom. The number of rotatable bonds is 6. The highest BCUT2D eigenvalue weighted by Crippen LogP contribution is 2.35. The fourth-order valence-corrected chi connectivity index (χ4v) is 5.64. The molecule has 3 unspecified atom stereocenters. The third-order valence-corrected chi connectivity index (χ3v) is 7.32. The molecule has 3 aliphatic heterocycles. The first-order chi connectivity index (χ1) is 15.6. The average molecular weight is 434 g/mol. The zero-order chi connectivity index (χ0) is 22.0. The molecule has 0 saturated carbocycles. The molecule has 3 amide bonds. The molecular formula is C25H31N5O2. The molecule has 7 nitrogen and oxygen atoms in total. The van der Waals surface area contributed by atoms with E-state index in [-0.39, 0.29) is 17.9 Å². The molecule has 0 aromatic heterocycles. The first kappa shape index (κ1) is 21.1. The lowest BCUT2D eigenvalue weighted by molar-refractivity contribution is -0.126. The van der Waals surface area contributed by atoms with Crippen molar-refractivity contribution in [2.75, 3.05) is 26.2 Å². The zero-order valence-corrected chi connectivity index (χ0v) is 18.2. The number of hydrogen-bond acceptors (Lipinski definition) is 5. The van der Waals surface area contributed by atoms with Crippen molar-refractivity contribution in [2.45, 2.75) is 30.8 Å². The van der Waals surface area contributed by atoms with Crippen LogP contribution in [-0.4, -0.2) is 48.6 Å². The van der Waals surface area contributed by atoms with E-state index in [1.807, 2.05) is 30.3 Å². The molecule has 0 aliphatic carbocycles. The van der Waals surface area contributed by atoms with Crippen LogP contribution in [0.4, 0.5) is 4.79 Å². The summed E-state index contributed by atoms with van der Waals surface area (Å²) < 4.78 is 0. The number of hydrazine groups is 1. The van der Waals surface area contributed by atoms with E-state index in [1.165, 1.54) is 5.56 Å². The molecule has 0 spiro atoms. The summed E-state index contributed by atoms with van der Waals surface area (Å²) in [6, 6.07) is 20.5. The SMILES string of the molecule is O=C1NC(=O)C(Cc2ccccc2)(C2CCN(CC3CNNC3c3ccccc3)CC2)N1. The molecule has 3 fully saturated rings. The number of imide groups is 1.